The Labute approximate surface area is 115 Å². The van der Waals surface area contributed by atoms with Crippen LogP contribution >= 0.6 is 0 Å². The van der Waals surface area contributed by atoms with Crippen molar-refractivity contribution in [2.24, 2.45) is 0 Å². The number of hydrogen-bond donors (Lipinski definition) is 2. The Morgan fingerprint density at radius 1 is 1.37 bits per heavy atom. The van der Waals surface area contributed by atoms with E-state index in [2.05, 4.69) is 17.1 Å². The number of nitrogens with two attached hydrogens (primary N) is 1. The van der Waals surface area contributed by atoms with Crippen molar-refractivity contribution in [1.29, 1.82) is 0 Å². The van der Waals surface area contributed by atoms with E-state index in [9.17, 15) is 4.79 Å². The molecule has 1 aromatic carbocycles. The molecule has 1 saturated heterocycles. The SMILES string of the molecule is CCN(Cc1ccccc1N)C1CCCCNC1=O. The molecule has 0 radical (unpaired) electrons. The Balaban J connectivity index is 2.11. The van der Waals surface area contributed by atoms with Gasteiger partial charge < -0.3 is 11.1 Å². The van der Waals surface area contributed by atoms with Crippen LogP contribution < -0.4 is 11.1 Å². The molecule has 2 rings (SSSR count). The van der Waals surface area contributed by atoms with E-state index in [4.69, 9.17) is 5.73 Å². The second-order valence-corrected chi connectivity index (χ2v) is 5.06. The van der Waals surface area contributed by atoms with Crippen LogP contribution in [0, 0.1) is 0 Å². The zero-order valence-corrected chi connectivity index (χ0v) is 11.6. The summed E-state index contributed by atoms with van der Waals surface area (Å²) in [6.45, 7) is 4.49. The monoisotopic (exact) mass is 261 g/mol. The van der Waals surface area contributed by atoms with Gasteiger partial charge in [0, 0.05) is 18.8 Å². The van der Waals surface area contributed by atoms with Gasteiger partial charge in [-0.05, 0) is 37.4 Å². The molecule has 4 heteroatoms. The highest BCUT2D eigenvalue weighted by molar-refractivity contribution is 5.81. The fourth-order valence-corrected chi connectivity index (χ4v) is 2.61. The molecule has 1 fully saturated rings. The highest BCUT2D eigenvalue weighted by Gasteiger charge is 2.26. The number of hydrogen-bond acceptors (Lipinski definition) is 3. The maximum absolute atomic E-state index is 12.1. The topological polar surface area (TPSA) is 58.4 Å². The first kappa shape index (κ1) is 13.9. The second-order valence-electron chi connectivity index (χ2n) is 5.06. The molecular weight excluding hydrogens is 238 g/mol. The molecule has 0 aromatic heterocycles. The molecular formula is C15H23N3O. The number of nitrogens with zero attached hydrogens (tertiary/aromatic N) is 1. The van der Waals surface area contributed by atoms with E-state index in [1.807, 2.05) is 24.3 Å². The van der Waals surface area contributed by atoms with Crippen LogP contribution in [0.3, 0.4) is 0 Å². The number of nitrogens with one attached hydrogen (secondary N) is 1. The summed E-state index contributed by atoms with van der Waals surface area (Å²) < 4.78 is 0. The van der Waals surface area contributed by atoms with E-state index in [0.29, 0.717) is 0 Å². The lowest BCUT2D eigenvalue weighted by Gasteiger charge is -2.29. The highest BCUT2D eigenvalue weighted by atomic mass is 16.2. The number of nitrogen functional groups attached to an aromatic ring is 1. The van der Waals surface area contributed by atoms with Gasteiger partial charge in [0.1, 0.15) is 0 Å². The van der Waals surface area contributed by atoms with Crippen LogP contribution in [0.15, 0.2) is 24.3 Å². The Kier molecular flexibility index (Phi) is 4.80. The van der Waals surface area contributed by atoms with Crippen molar-refractivity contribution >= 4 is 11.6 Å². The summed E-state index contributed by atoms with van der Waals surface area (Å²) in [5.74, 6) is 0.161. The first-order valence-electron chi connectivity index (χ1n) is 7.07. The van der Waals surface area contributed by atoms with Crippen LogP contribution in [0.4, 0.5) is 5.69 Å². The Morgan fingerprint density at radius 2 is 2.16 bits per heavy atom. The van der Waals surface area contributed by atoms with Gasteiger partial charge in [-0.25, -0.2) is 0 Å². The Morgan fingerprint density at radius 3 is 2.89 bits per heavy atom. The lowest BCUT2D eigenvalue weighted by atomic mass is 10.1. The number of carbonyl (C=O) groups excluding carboxylic acids is 1. The molecule has 104 valence electrons. The molecule has 1 unspecified atom stereocenters. The number of rotatable bonds is 4. The molecule has 0 bridgehead atoms. The van der Waals surface area contributed by atoms with E-state index >= 15 is 0 Å². The van der Waals surface area contributed by atoms with Crippen LogP contribution in [-0.2, 0) is 11.3 Å². The smallest absolute Gasteiger partial charge is 0.237 e. The van der Waals surface area contributed by atoms with E-state index < -0.39 is 0 Å². The molecule has 1 amide bonds. The van der Waals surface area contributed by atoms with E-state index in [-0.39, 0.29) is 11.9 Å². The molecule has 1 aliphatic rings. The number of benzene rings is 1. The average Bonchev–Trinajstić information content (AvgIpc) is 2.63. The fraction of sp³-hybridized carbons (Fsp3) is 0.533. The van der Waals surface area contributed by atoms with Gasteiger partial charge in [-0.1, -0.05) is 25.1 Å². The first-order chi connectivity index (χ1) is 9.22. The summed E-state index contributed by atoms with van der Waals surface area (Å²) in [7, 11) is 0. The number of likely N-dealkylation sites (N-methyl/N-ethyl adjacent to an activating group) is 1. The normalized spacial score (nSPS) is 20.1. The van der Waals surface area contributed by atoms with E-state index in [1.54, 1.807) is 0 Å². The number of amides is 1. The van der Waals surface area contributed by atoms with Crippen molar-refractivity contribution in [3.05, 3.63) is 29.8 Å². The van der Waals surface area contributed by atoms with Gasteiger partial charge in [0.15, 0.2) is 0 Å². The summed E-state index contributed by atoms with van der Waals surface area (Å²) in [6.07, 6.45) is 3.11. The molecule has 1 aliphatic heterocycles. The predicted molar refractivity (Wildman–Crippen MR) is 77.6 cm³/mol. The molecule has 1 aromatic rings. The lowest BCUT2D eigenvalue weighted by molar-refractivity contribution is -0.126. The van der Waals surface area contributed by atoms with Gasteiger partial charge in [0.25, 0.3) is 0 Å². The van der Waals surface area contributed by atoms with Gasteiger partial charge in [-0.2, -0.15) is 0 Å². The second kappa shape index (κ2) is 6.57. The van der Waals surface area contributed by atoms with Crippen molar-refractivity contribution in [2.45, 2.75) is 38.8 Å². The molecule has 0 spiro atoms. The van der Waals surface area contributed by atoms with Crippen LogP contribution in [0.25, 0.3) is 0 Å². The third kappa shape index (κ3) is 3.47. The minimum Gasteiger partial charge on any atom is -0.398 e. The fourth-order valence-electron chi connectivity index (χ4n) is 2.61. The van der Waals surface area contributed by atoms with Crippen LogP contribution in [0.1, 0.15) is 31.7 Å². The van der Waals surface area contributed by atoms with E-state index in [0.717, 1.165) is 50.1 Å². The maximum Gasteiger partial charge on any atom is 0.237 e. The van der Waals surface area contributed by atoms with Gasteiger partial charge in [0.2, 0.25) is 5.91 Å². The summed E-state index contributed by atoms with van der Waals surface area (Å²) in [6, 6.07) is 7.86. The van der Waals surface area contributed by atoms with Gasteiger partial charge >= 0.3 is 0 Å². The molecule has 0 saturated carbocycles. The minimum atomic E-state index is -0.0212. The lowest BCUT2D eigenvalue weighted by Crippen LogP contribution is -2.45. The predicted octanol–water partition coefficient (Wildman–Crippen LogP) is 1.76. The number of para-hydroxylation sites is 1. The summed E-state index contributed by atoms with van der Waals surface area (Å²) >= 11 is 0. The van der Waals surface area contributed by atoms with Crippen molar-refractivity contribution in [1.82, 2.24) is 10.2 Å². The minimum absolute atomic E-state index is 0.0212. The largest absolute Gasteiger partial charge is 0.398 e. The summed E-state index contributed by atoms with van der Waals surface area (Å²) in [5.41, 5.74) is 7.89. The van der Waals surface area contributed by atoms with Crippen molar-refractivity contribution in [3.63, 3.8) is 0 Å². The Bertz CT molecular complexity index is 433. The zero-order valence-electron chi connectivity index (χ0n) is 11.6. The number of carbonyl (C=O) groups is 1. The number of anilines is 1. The molecule has 0 aliphatic carbocycles. The van der Waals surface area contributed by atoms with Crippen molar-refractivity contribution in [2.75, 3.05) is 18.8 Å². The third-order valence-electron chi connectivity index (χ3n) is 3.78. The summed E-state index contributed by atoms with van der Waals surface area (Å²) in [4.78, 5) is 14.3. The zero-order chi connectivity index (χ0) is 13.7. The van der Waals surface area contributed by atoms with Gasteiger partial charge in [0.05, 0.1) is 6.04 Å². The standard InChI is InChI=1S/C15H23N3O/c1-2-18(11-12-7-3-4-8-13(12)16)14-9-5-6-10-17-15(14)19/h3-4,7-8,14H,2,5-6,9-11,16H2,1H3,(H,17,19). The first-order valence-corrected chi connectivity index (χ1v) is 7.07. The quantitative estimate of drug-likeness (QED) is 0.812. The molecule has 19 heavy (non-hydrogen) atoms. The maximum atomic E-state index is 12.1. The van der Waals surface area contributed by atoms with E-state index in [1.165, 1.54) is 0 Å². The van der Waals surface area contributed by atoms with Crippen molar-refractivity contribution in [3.8, 4) is 0 Å². The molecule has 1 heterocycles. The average molecular weight is 261 g/mol. The molecule has 1 atom stereocenters. The molecule has 3 N–H and O–H groups in total. The van der Waals surface area contributed by atoms with Gasteiger partial charge in [-0.15, -0.1) is 0 Å². The molecule has 4 nitrogen and oxygen atoms in total. The van der Waals surface area contributed by atoms with Crippen LogP contribution in [0.5, 0.6) is 0 Å². The van der Waals surface area contributed by atoms with Gasteiger partial charge in [-0.3, -0.25) is 9.69 Å². The Hall–Kier alpha value is -1.55. The summed E-state index contributed by atoms with van der Waals surface area (Å²) in [5, 5.41) is 3.00. The van der Waals surface area contributed by atoms with Crippen molar-refractivity contribution < 1.29 is 4.79 Å². The third-order valence-corrected chi connectivity index (χ3v) is 3.78. The van der Waals surface area contributed by atoms with Crippen LogP contribution in [0.2, 0.25) is 0 Å². The van der Waals surface area contributed by atoms with Crippen LogP contribution in [-0.4, -0.2) is 29.9 Å². The highest BCUT2D eigenvalue weighted by Crippen LogP contribution is 2.18.